The molecule has 0 aromatic carbocycles. The molecule has 17 heavy (non-hydrogen) atoms. The third kappa shape index (κ3) is 7.95. The second-order valence-corrected chi connectivity index (χ2v) is 8.21. The molecule has 0 atom stereocenters. The Morgan fingerprint density at radius 3 is 1.35 bits per heavy atom. The molecule has 0 heterocycles. The van der Waals surface area contributed by atoms with E-state index in [4.69, 9.17) is 8.85 Å². The zero-order valence-electron chi connectivity index (χ0n) is 12.4. The average Bonchev–Trinajstić information content (AvgIpc) is 2.37. The molecule has 0 aliphatic rings. The molecule has 0 spiro atoms. The maximum Gasteiger partial charge on any atom is 0.338 e. The minimum Gasteiger partial charge on any atom is -0.394 e. The van der Waals surface area contributed by atoms with Crippen molar-refractivity contribution in [1.29, 1.82) is 0 Å². The van der Waals surface area contributed by atoms with Crippen molar-refractivity contribution in [3.05, 3.63) is 0 Å². The molecule has 0 aliphatic heterocycles. The molecule has 3 heteroatoms. The van der Waals surface area contributed by atoms with Gasteiger partial charge < -0.3 is 8.85 Å². The summed E-state index contributed by atoms with van der Waals surface area (Å²) in [5, 5.41) is 0. The lowest BCUT2D eigenvalue weighted by atomic mass is 10.4. The first kappa shape index (κ1) is 17.1. The molecule has 0 rings (SSSR count). The summed E-state index contributed by atoms with van der Waals surface area (Å²) >= 11 is 0. The third-order valence-corrected chi connectivity index (χ3v) is 6.65. The van der Waals surface area contributed by atoms with Crippen molar-refractivity contribution >= 4 is 8.56 Å². The maximum atomic E-state index is 6.20. The van der Waals surface area contributed by atoms with Gasteiger partial charge in [-0.3, -0.25) is 0 Å². The monoisotopic (exact) mass is 260 g/mol. The summed E-state index contributed by atoms with van der Waals surface area (Å²) in [5.74, 6) is 0. The van der Waals surface area contributed by atoms with Crippen LogP contribution in [0.25, 0.3) is 0 Å². The van der Waals surface area contributed by atoms with Gasteiger partial charge in [-0.2, -0.15) is 0 Å². The first-order valence-electron chi connectivity index (χ1n) is 7.52. The molecule has 2 nitrogen and oxygen atoms in total. The van der Waals surface area contributed by atoms with Crippen LogP contribution in [0.2, 0.25) is 12.1 Å². The Labute approximate surface area is 109 Å². The molecular formula is C14H32O2Si. The molecule has 0 aromatic heterocycles. The molecular weight excluding hydrogens is 228 g/mol. The maximum absolute atomic E-state index is 6.20. The van der Waals surface area contributed by atoms with Gasteiger partial charge in [0.05, 0.1) is 0 Å². The van der Waals surface area contributed by atoms with Gasteiger partial charge in [0.2, 0.25) is 0 Å². The van der Waals surface area contributed by atoms with Crippen LogP contribution in [0.15, 0.2) is 0 Å². The summed E-state index contributed by atoms with van der Waals surface area (Å²) in [4.78, 5) is 0. The SMILES string of the molecule is CCCC[Si](CCCC)(OCCC)OCCC. The number of hydrogen-bond donors (Lipinski definition) is 0. The summed E-state index contributed by atoms with van der Waals surface area (Å²) in [6, 6.07) is 2.37. The highest BCUT2D eigenvalue weighted by molar-refractivity contribution is 6.67. The quantitative estimate of drug-likeness (QED) is 0.465. The number of hydrogen-bond acceptors (Lipinski definition) is 2. The van der Waals surface area contributed by atoms with Gasteiger partial charge >= 0.3 is 8.56 Å². The Morgan fingerprint density at radius 2 is 1.06 bits per heavy atom. The minimum absolute atomic E-state index is 0.878. The minimum atomic E-state index is -1.88. The molecule has 0 N–H and O–H groups in total. The first-order valence-corrected chi connectivity index (χ1v) is 9.75. The van der Waals surface area contributed by atoms with Gasteiger partial charge in [-0.1, -0.05) is 53.4 Å². The van der Waals surface area contributed by atoms with Gasteiger partial charge in [0.25, 0.3) is 0 Å². The summed E-state index contributed by atoms with van der Waals surface area (Å²) < 4.78 is 12.4. The van der Waals surface area contributed by atoms with E-state index in [2.05, 4.69) is 27.7 Å². The van der Waals surface area contributed by atoms with E-state index >= 15 is 0 Å². The fourth-order valence-corrected chi connectivity index (χ4v) is 5.77. The fraction of sp³-hybridized carbons (Fsp3) is 1.00. The van der Waals surface area contributed by atoms with Crippen LogP contribution in [0, 0.1) is 0 Å². The standard InChI is InChI=1S/C14H32O2Si/c1-5-9-13-17(14-10-6-2,15-11-7-3)16-12-8-4/h5-14H2,1-4H3. The van der Waals surface area contributed by atoms with E-state index in [1.165, 1.54) is 37.8 Å². The van der Waals surface area contributed by atoms with E-state index in [1.807, 2.05) is 0 Å². The summed E-state index contributed by atoms with van der Waals surface area (Å²) in [6.07, 6.45) is 7.19. The third-order valence-electron chi connectivity index (χ3n) is 2.96. The summed E-state index contributed by atoms with van der Waals surface area (Å²) in [6.45, 7) is 10.6. The van der Waals surface area contributed by atoms with Crippen molar-refractivity contribution in [3.8, 4) is 0 Å². The molecule has 0 saturated carbocycles. The van der Waals surface area contributed by atoms with E-state index in [0.29, 0.717) is 0 Å². The Kier molecular flexibility index (Phi) is 11.3. The number of rotatable bonds is 12. The van der Waals surface area contributed by atoms with Gasteiger partial charge in [-0.15, -0.1) is 0 Å². The predicted octanol–water partition coefficient (Wildman–Crippen LogP) is 4.88. The topological polar surface area (TPSA) is 18.5 Å². The summed E-state index contributed by atoms with van der Waals surface area (Å²) in [7, 11) is -1.88. The zero-order valence-corrected chi connectivity index (χ0v) is 13.4. The van der Waals surface area contributed by atoms with Crippen molar-refractivity contribution in [3.63, 3.8) is 0 Å². The van der Waals surface area contributed by atoms with Crippen LogP contribution < -0.4 is 0 Å². The van der Waals surface area contributed by atoms with Gasteiger partial charge in [0.15, 0.2) is 0 Å². The largest absolute Gasteiger partial charge is 0.394 e. The highest BCUT2D eigenvalue weighted by Crippen LogP contribution is 2.25. The van der Waals surface area contributed by atoms with E-state index in [-0.39, 0.29) is 0 Å². The Hall–Kier alpha value is 0.137. The molecule has 0 amide bonds. The summed E-state index contributed by atoms with van der Waals surface area (Å²) in [5.41, 5.74) is 0. The molecule has 0 aromatic rings. The average molecular weight is 260 g/mol. The van der Waals surface area contributed by atoms with Crippen molar-refractivity contribution in [2.45, 2.75) is 78.3 Å². The van der Waals surface area contributed by atoms with Crippen molar-refractivity contribution < 1.29 is 8.85 Å². The molecule has 0 saturated heterocycles. The lowest BCUT2D eigenvalue weighted by molar-refractivity contribution is 0.165. The van der Waals surface area contributed by atoms with Gasteiger partial charge in [0.1, 0.15) is 0 Å². The van der Waals surface area contributed by atoms with Crippen LogP contribution in [-0.2, 0) is 8.85 Å². The van der Waals surface area contributed by atoms with Crippen LogP contribution in [0.3, 0.4) is 0 Å². The van der Waals surface area contributed by atoms with Crippen molar-refractivity contribution in [2.24, 2.45) is 0 Å². The molecule has 0 fully saturated rings. The second-order valence-electron chi connectivity index (χ2n) is 4.81. The van der Waals surface area contributed by atoms with Gasteiger partial charge in [-0.05, 0) is 24.9 Å². The highest BCUT2D eigenvalue weighted by atomic mass is 28.4. The zero-order chi connectivity index (χ0) is 13.0. The van der Waals surface area contributed by atoms with Gasteiger partial charge in [-0.25, -0.2) is 0 Å². The number of unbranched alkanes of at least 4 members (excludes halogenated alkanes) is 2. The first-order chi connectivity index (χ1) is 8.24. The van der Waals surface area contributed by atoms with E-state index in [1.54, 1.807) is 0 Å². The molecule has 0 bridgehead atoms. The van der Waals surface area contributed by atoms with Crippen LogP contribution in [0.5, 0.6) is 0 Å². The smallest absolute Gasteiger partial charge is 0.338 e. The van der Waals surface area contributed by atoms with E-state index in [9.17, 15) is 0 Å². The molecule has 0 aliphatic carbocycles. The van der Waals surface area contributed by atoms with E-state index < -0.39 is 8.56 Å². The van der Waals surface area contributed by atoms with Crippen LogP contribution in [-0.4, -0.2) is 21.8 Å². The van der Waals surface area contributed by atoms with Crippen molar-refractivity contribution in [2.75, 3.05) is 13.2 Å². The van der Waals surface area contributed by atoms with E-state index in [0.717, 1.165) is 26.1 Å². The van der Waals surface area contributed by atoms with Crippen LogP contribution in [0.4, 0.5) is 0 Å². The van der Waals surface area contributed by atoms with Crippen LogP contribution in [0.1, 0.15) is 66.2 Å². The predicted molar refractivity (Wildman–Crippen MR) is 77.7 cm³/mol. The second kappa shape index (κ2) is 11.2. The van der Waals surface area contributed by atoms with Crippen LogP contribution >= 0.6 is 0 Å². The fourth-order valence-electron chi connectivity index (χ4n) is 1.92. The normalized spacial score (nSPS) is 12.0. The molecule has 0 radical (unpaired) electrons. The lowest BCUT2D eigenvalue weighted by Crippen LogP contribution is -2.42. The lowest BCUT2D eigenvalue weighted by Gasteiger charge is -2.31. The Balaban J connectivity index is 4.39. The molecule has 0 unspecified atom stereocenters. The van der Waals surface area contributed by atoms with Crippen molar-refractivity contribution in [1.82, 2.24) is 0 Å². The highest BCUT2D eigenvalue weighted by Gasteiger charge is 2.35. The Morgan fingerprint density at radius 1 is 0.647 bits per heavy atom. The van der Waals surface area contributed by atoms with Gasteiger partial charge in [0, 0.05) is 13.2 Å². The molecule has 104 valence electrons. The Bertz CT molecular complexity index is 125.